The van der Waals surface area contributed by atoms with Crippen LogP contribution in [0, 0.1) is 13.8 Å². The number of amides is 2. The highest BCUT2D eigenvalue weighted by Crippen LogP contribution is 2.30. The minimum Gasteiger partial charge on any atom is -0.341 e. The second-order valence-electron chi connectivity index (χ2n) is 7.88. The van der Waals surface area contributed by atoms with E-state index in [1.54, 1.807) is 0 Å². The molecule has 0 saturated carbocycles. The van der Waals surface area contributed by atoms with Crippen LogP contribution in [0.15, 0.2) is 53.6 Å². The van der Waals surface area contributed by atoms with E-state index in [4.69, 9.17) is 0 Å². The highest BCUT2D eigenvalue weighted by Gasteiger charge is 2.19. The molecule has 1 aliphatic heterocycles. The number of thioether (sulfide) groups is 1. The van der Waals surface area contributed by atoms with Gasteiger partial charge in [-0.2, -0.15) is 0 Å². The number of hydrogen-bond acceptors (Lipinski definition) is 3. The zero-order valence-electron chi connectivity index (χ0n) is 17.5. The summed E-state index contributed by atoms with van der Waals surface area (Å²) >= 11 is 1.51. The molecule has 156 valence electrons. The lowest BCUT2D eigenvalue weighted by molar-refractivity contribution is -0.130. The summed E-state index contributed by atoms with van der Waals surface area (Å²) in [6.07, 6.45) is 4.19. The Labute approximate surface area is 181 Å². The Balaban J connectivity index is 1.46. The SMILES string of the molecule is Cc1ccc(NC(=O)CSc2cn(CC(=O)N3CCCC3)c3ccccc23)c(C)c1. The van der Waals surface area contributed by atoms with E-state index in [0.29, 0.717) is 12.3 Å². The van der Waals surface area contributed by atoms with Crippen molar-refractivity contribution in [2.75, 3.05) is 24.2 Å². The van der Waals surface area contributed by atoms with E-state index in [-0.39, 0.29) is 11.8 Å². The minimum absolute atomic E-state index is 0.0306. The number of benzene rings is 2. The molecular formula is C24H27N3O2S. The molecule has 0 spiro atoms. The summed E-state index contributed by atoms with van der Waals surface area (Å²) < 4.78 is 2.01. The number of aromatic nitrogens is 1. The molecule has 0 aliphatic carbocycles. The number of aryl methyl sites for hydroxylation is 2. The van der Waals surface area contributed by atoms with Crippen LogP contribution in [0.25, 0.3) is 10.9 Å². The summed E-state index contributed by atoms with van der Waals surface area (Å²) in [6, 6.07) is 14.1. The normalized spacial score (nSPS) is 13.7. The van der Waals surface area contributed by atoms with Crippen LogP contribution < -0.4 is 5.32 Å². The Bertz CT molecular complexity index is 1080. The number of likely N-dealkylation sites (tertiary alicyclic amines) is 1. The zero-order valence-corrected chi connectivity index (χ0v) is 18.3. The van der Waals surface area contributed by atoms with E-state index in [1.165, 1.54) is 17.3 Å². The van der Waals surface area contributed by atoms with Gasteiger partial charge in [0.25, 0.3) is 0 Å². The maximum absolute atomic E-state index is 12.6. The topological polar surface area (TPSA) is 54.3 Å². The number of para-hydroxylation sites is 1. The standard InChI is InChI=1S/C24H27N3O2S/c1-17-9-10-20(18(2)13-17)25-23(28)16-30-22-14-27(21-8-4-3-7-19(21)22)15-24(29)26-11-5-6-12-26/h3-4,7-10,13-14H,5-6,11-12,15-16H2,1-2H3,(H,25,28). The number of carbonyl (C=O) groups is 2. The van der Waals surface area contributed by atoms with E-state index < -0.39 is 0 Å². The summed E-state index contributed by atoms with van der Waals surface area (Å²) in [7, 11) is 0. The Morgan fingerprint density at radius 3 is 2.60 bits per heavy atom. The molecule has 1 aliphatic rings. The van der Waals surface area contributed by atoms with Crippen LogP contribution in [0.5, 0.6) is 0 Å². The summed E-state index contributed by atoms with van der Waals surface area (Å²) in [5, 5.41) is 4.08. The maximum Gasteiger partial charge on any atom is 0.242 e. The van der Waals surface area contributed by atoms with Crippen molar-refractivity contribution in [3.05, 3.63) is 59.8 Å². The molecule has 5 nitrogen and oxygen atoms in total. The van der Waals surface area contributed by atoms with Gasteiger partial charge in [-0.25, -0.2) is 0 Å². The van der Waals surface area contributed by atoms with Crippen molar-refractivity contribution in [1.82, 2.24) is 9.47 Å². The smallest absolute Gasteiger partial charge is 0.242 e. The molecule has 6 heteroatoms. The van der Waals surface area contributed by atoms with Gasteiger partial charge in [0.2, 0.25) is 11.8 Å². The molecule has 4 rings (SSSR count). The number of nitrogens with zero attached hydrogens (tertiary/aromatic N) is 2. The van der Waals surface area contributed by atoms with Gasteiger partial charge in [0.15, 0.2) is 0 Å². The molecule has 1 fully saturated rings. The number of carbonyl (C=O) groups excluding carboxylic acids is 2. The van der Waals surface area contributed by atoms with Crippen LogP contribution in [-0.4, -0.2) is 40.1 Å². The van der Waals surface area contributed by atoms with Crippen molar-refractivity contribution in [2.45, 2.75) is 38.1 Å². The molecule has 1 N–H and O–H groups in total. The first-order chi connectivity index (χ1) is 14.5. The number of rotatable bonds is 6. The lowest BCUT2D eigenvalue weighted by atomic mass is 10.1. The summed E-state index contributed by atoms with van der Waals surface area (Å²) in [5.41, 5.74) is 4.12. The van der Waals surface area contributed by atoms with Gasteiger partial charge < -0.3 is 14.8 Å². The van der Waals surface area contributed by atoms with Crippen LogP contribution in [0.2, 0.25) is 0 Å². The molecule has 0 radical (unpaired) electrons. The van der Waals surface area contributed by atoms with Gasteiger partial charge in [-0.05, 0) is 44.4 Å². The first-order valence-electron chi connectivity index (χ1n) is 10.4. The molecule has 2 amide bonds. The van der Waals surface area contributed by atoms with Gasteiger partial charge in [0.1, 0.15) is 6.54 Å². The molecule has 3 aromatic rings. The first-order valence-corrected chi connectivity index (χ1v) is 11.4. The summed E-state index contributed by atoms with van der Waals surface area (Å²) in [5.74, 6) is 0.454. The number of hydrogen-bond donors (Lipinski definition) is 1. The fourth-order valence-corrected chi connectivity index (χ4v) is 4.84. The lowest BCUT2D eigenvalue weighted by Crippen LogP contribution is -2.30. The molecule has 0 unspecified atom stereocenters. The molecule has 1 aromatic heterocycles. The van der Waals surface area contributed by atoms with Gasteiger partial charge in [-0.3, -0.25) is 9.59 Å². The third-order valence-electron chi connectivity index (χ3n) is 5.53. The molecule has 2 aromatic carbocycles. The predicted octanol–water partition coefficient (Wildman–Crippen LogP) is 4.61. The molecule has 2 heterocycles. The summed E-state index contributed by atoms with van der Waals surface area (Å²) in [6.45, 7) is 6.10. The Kier molecular flexibility index (Phi) is 6.13. The van der Waals surface area contributed by atoms with Gasteiger partial charge in [0, 0.05) is 40.8 Å². The fourth-order valence-electron chi connectivity index (χ4n) is 3.95. The molecule has 30 heavy (non-hydrogen) atoms. The number of fused-ring (bicyclic) bond motifs is 1. The van der Waals surface area contributed by atoms with Crippen molar-refractivity contribution < 1.29 is 9.59 Å². The molecule has 1 saturated heterocycles. The molecular weight excluding hydrogens is 394 g/mol. The van der Waals surface area contributed by atoms with Gasteiger partial charge in [-0.15, -0.1) is 11.8 Å². The Hall–Kier alpha value is -2.73. The Morgan fingerprint density at radius 2 is 1.83 bits per heavy atom. The molecule has 0 bridgehead atoms. The van der Waals surface area contributed by atoms with Crippen molar-refractivity contribution in [3.63, 3.8) is 0 Å². The van der Waals surface area contributed by atoms with E-state index in [9.17, 15) is 9.59 Å². The van der Waals surface area contributed by atoms with Crippen molar-refractivity contribution in [2.24, 2.45) is 0 Å². The second-order valence-corrected chi connectivity index (χ2v) is 8.90. The minimum atomic E-state index is -0.0306. The number of nitrogens with one attached hydrogen (secondary N) is 1. The van der Waals surface area contributed by atoms with E-state index >= 15 is 0 Å². The van der Waals surface area contributed by atoms with Crippen LogP contribution in [-0.2, 0) is 16.1 Å². The summed E-state index contributed by atoms with van der Waals surface area (Å²) in [4.78, 5) is 28.1. The lowest BCUT2D eigenvalue weighted by Gasteiger charge is -2.15. The third kappa shape index (κ3) is 4.54. The average molecular weight is 422 g/mol. The van der Waals surface area contributed by atoms with Crippen LogP contribution in [0.4, 0.5) is 5.69 Å². The van der Waals surface area contributed by atoms with E-state index in [2.05, 4.69) is 17.4 Å². The number of anilines is 1. The van der Waals surface area contributed by atoms with Gasteiger partial charge in [-0.1, -0.05) is 35.9 Å². The van der Waals surface area contributed by atoms with Gasteiger partial charge in [0.05, 0.1) is 5.75 Å². The maximum atomic E-state index is 12.6. The third-order valence-corrected chi connectivity index (χ3v) is 6.57. The fraction of sp³-hybridized carbons (Fsp3) is 0.333. The van der Waals surface area contributed by atoms with Crippen molar-refractivity contribution >= 4 is 40.2 Å². The van der Waals surface area contributed by atoms with Crippen molar-refractivity contribution in [3.8, 4) is 0 Å². The monoisotopic (exact) mass is 421 g/mol. The average Bonchev–Trinajstić information content (AvgIpc) is 3.38. The van der Waals surface area contributed by atoms with Gasteiger partial charge >= 0.3 is 0 Å². The van der Waals surface area contributed by atoms with Crippen LogP contribution in [0.1, 0.15) is 24.0 Å². The predicted molar refractivity (Wildman–Crippen MR) is 123 cm³/mol. The molecule has 0 atom stereocenters. The van der Waals surface area contributed by atoms with E-state index in [0.717, 1.165) is 53.0 Å². The van der Waals surface area contributed by atoms with Crippen LogP contribution >= 0.6 is 11.8 Å². The van der Waals surface area contributed by atoms with E-state index in [1.807, 2.05) is 59.8 Å². The Morgan fingerprint density at radius 1 is 1.07 bits per heavy atom. The zero-order chi connectivity index (χ0) is 21.1. The second kappa shape index (κ2) is 8.96. The highest BCUT2D eigenvalue weighted by molar-refractivity contribution is 8.00. The van der Waals surface area contributed by atoms with Crippen molar-refractivity contribution in [1.29, 1.82) is 0 Å². The van der Waals surface area contributed by atoms with Crippen LogP contribution in [0.3, 0.4) is 0 Å². The highest BCUT2D eigenvalue weighted by atomic mass is 32.2. The quantitative estimate of drug-likeness (QED) is 0.591. The largest absolute Gasteiger partial charge is 0.341 e. The first kappa shape index (κ1) is 20.5.